The molecule has 0 bridgehead atoms. The molecule has 1 N–H and O–H groups in total. The predicted molar refractivity (Wildman–Crippen MR) is 110 cm³/mol. The molecule has 1 saturated carbocycles. The number of hydrogen-bond donors (Lipinski definition) is 1. The van der Waals surface area contributed by atoms with Crippen LogP contribution in [-0.4, -0.2) is 57.9 Å². The first-order valence-corrected chi connectivity index (χ1v) is 11.0. The maximum Gasteiger partial charge on any atom is 0.325 e. The third kappa shape index (κ3) is 5.70. The molecule has 1 atom stereocenters. The van der Waals surface area contributed by atoms with Gasteiger partial charge in [-0.15, -0.1) is 5.06 Å². The van der Waals surface area contributed by atoms with Crippen molar-refractivity contribution in [3.63, 3.8) is 0 Å². The summed E-state index contributed by atoms with van der Waals surface area (Å²) in [6, 6.07) is 0. The van der Waals surface area contributed by atoms with Gasteiger partial charge in [-0.05, 0) is 66.2 Å². The lowest BCUT2D eigenvalue weighted by molar-refractivity contribution is -0.266. The van der Waals surface area contributed by atoms with Gasteiger partial charge in [0.25, 0.3) is 5.91 Å². The van der Waals surface area contributed by atoms with E-state index in [1.807, 2.05) is 5.06 Å². The van der Waals surface area contributed by atoms with E-state index in [1.54, 1.807) is 7.05 Å². The number of piperidine rings is 1. The molecule has 1 unspecified atom stereocenters. The molecular formula is C22H40N2O5. The van der Waals surface area contributed by atoms with E-state index in [0.717, 1.165) is 43.6 Å². The minimum Gasteiger partial charge on any atom is -0.389 e. The molecule has 7 heteroatoms. The molecule has 1 heterocycles. The lowest BCUT2D eigenvalue weighted by Gasteiger charge is -2.50. The molecule has 2 aliphatic rings. The van der Waals surface area contributed by atoms with Crippen molar-refractivity contribution < 1.29 is 24.4 Å². The third-order valence-corrected chi connectivity index (χ3v) is 6.76. The Morgan fingerprint density at radius 1 is 1.00 bits per heavy atom. The van der Waals surface area contributed by atoms with Gasteiger partial charge < -0.3 is 9.94 Å². The smallest absolute Gasteiger partial charge is 0.325 e. The molecule has 168 valence electrons. The molecule has 0 radical (unpaired) electrons. The lowest BCUT2D eigenvalue weighted by Crippen LogP contribution is -2.58. The van der Waals surface area contributed by atoms with E-state index < -0.39 is 11.5 Å². The molecule has 0 spiro atoms. The number of carbonyl (C=O) groups excluding carboxylic acids is 2. The molecule has 0 aromatic carbocycles. The van der Waals surface area contributed by atoms with Crippen LogP contribution in [0.25, 0.3) is 0 Å². The van der Waals surface area contributed by atoms with Gasteiger partial charge in [-0.2, -0.15) is 0 Å². The summed E-state index contributed by atoms with van der Waals surface area (Å²) in [4.78, 5) is 36.5. The van der Waals surface area contributed by atoms with Gasteiger partial charge in [0, 0.05) is 13.5 Å². The Morgan fingerprint density at radius 3 is 2.07 bits per heavy atom. The molecule has 0 aromatic heterocycles. The second kappa shape index (κ2) is 9.31. The van der Waals surface area contributed by atoms with E-state index in [1.165, 1.54) is 7.11 Å². The Morgan fingerprint density at radius 2 is 1.55 bits per heavy atom. The summed E-state index contributed by atoms with van der Waals surface area (Å²) in [7, 11) is 2.97. The van der Waals surface area contributed by atoms with E-state index in [-0.39, 0.29) is 35.8 Å². The number of aliphatic hydroxyl groups is 1. The molecule has 29 heavy (non-hydrogen) atoms. The van der Waals surface area contributed by atoms with Crippen molar-refractivity contribution in [2.45, 2.75) is 109 Å². The Bertz CT molecular complexity index is 568. The van der Waals surface area contributed by atoms with Crippen molar-refractivity contribution >= 4 is 11.9 Å². The largest absolute Gasteiger partial charge is 0.389 e. The third-order valence-electron chi connectivity index (χ3n) is 6.76. The fourth-order valence-electron chi connectivity index (χ4n) is 5.08. The highest BCUT2D eigenvalue weighted by atomic mass is 16.7. The maximum atomic E-state index is 12.9. The first-order chi connectivity index (χ1) is 13.4. The molecule has 2 rings (SSSR count). The zero-order chi connectivity index (χ0) is 21.9. The van der Waals surface area contributed by atoms with Crippen LogP contribution >= 0.6 is 0 Å². The Labute approximate surface area is 175 Å². The first-order valence-electron chi connectivity index (χ1n) is 11.0. The van der Waals surface area contributed by atoms with Crippen molar-refractivity contribution in [1.29, 1.82) is 0 Å². The van der Waals surface area contributed by atoms with E-state index in [0.29, 0.717) is 12.8 Å². The number of nitrogens with zero attached hydrogens (tertiary/aromatic N) is 2. The number of hydroxylamine groups is 4. The van der Waals surface area contributed by atoms with Gasteiger partial charge in [-0.1, -0.05) is 19.3 Å². The minimum absolute atomic E-state index is 0.0823. The quantitative estimate of drug-likeness (QED) is 0.644. The van der Waals surface area contributed by atoms with E-state index in [4.69, 9.17) is 9.68 Å². The van der Waals surface area contributed by atoms with Crippen LogP contribution in [0.5, 0.6) is 0 Å². The Balaban J connectivity index is 2.07. The second-order valence-electron chi connectivity index (χ2n) is 10.0. The van der Waals surface area contributed by atoms with Crippen molar-refractivity contribution in [2.75, 3.05) is 14.2 Å². The Hall–Kier alpha value is -1.18. The zero-order valence-electron chi connectivity index (χ0n) is 19.1. The van der Waals surface area contributed by atoms with E-state index in [9.17, 15) is 14.7 Å². The van der Waals surface area contributed by atoms with Crippen LogP contribution in [0, 0.1) is 5.92 Å². The van der Waals surface area contributed by atoms with Crippen LogP contribution in [0.3, 0.4) is 0 Å². The van der Waals surface area contributed by atoms with Crippen LogP contribution < -0.4 is 0 Å². The number of carbonyl (C=O) groups is 2. The highest BCUT2D eigenvalue weighted by molar-refractivity contribution is 5.80. The molecule has 2 fully saturated rings. The monoisotopic (exact) mass is 412 g/mol. The maximum absolute atomic E-state index is 12.9. The average Bonchev–Trinajstić information content (AvgIpc) is 2.64. The molecule has 1 saturated heterocycles. The van der Waals surface area contributed by atoms with Gasteiger partial charge in [-0.3, -0.25) is 14.4 Å². The first kappa shape index (κ1) is 24.1. The molecular weight excluding hydrogens is 372 g/mol. The SMILES string of the molecule is CON(C)C(=O)C(CCC(=O)ON1C(C)(C)CCCC1(C)C)C1(O)CCCCC1. The second-order valence-corrected chi connectivity index (χ2v) is 10.0. The molecule has 7 nitrogen and oxygen atoms in total. The van der Waals surface area contributed by atoms with Crippen LogP contribution in [0.1, 0.15) is 91.9 Å². The van der Waals surface area contributed by atoms with Crippen molar-refractivity contribution in [1.82, 2.24) is 10.1 Å². The number of amides is 1. The Kier molecular flexibility index (Phi) is 7.74. The van der Waals surface area contributed by atoms with Gasteiger partial charge in [0.2, 0.25) is 0 Å². The topological polar surface area (TPSA) is 79.3 Å². The van der Waals surface area contributed by atoms with Gasteiger partial charge >= 0.3 is 5.97 Å². The summed E-state index contributed by atoms with van der Waals surface area (Å²) in [5.41, 5.74) is -1.55. The van der Waals surface area contributed by atoms with E-state index in [2.05, 4.69) is 27.7 Å². The van der Waals surface area contributed by atoms with Crippen LogP contribution in [0.2, 0.25) is 0 Å². The summed E-state index contributed by atoms with van der Waals surface area (Å²) in [6.45, 7) is 8.36. The fraction of sp³-hybridized carbons (Fsp3) is 0.909. The van der Waals surface area contributed by atoms with Crippen molar-refractivity contribution in [2.24, 2.45) is 5.92 Å². The normalized spacial score (nSPS) is 24.5. The standard InChI is InChI=1S/C22H40N2O5/c1-20(2)13-10-14-21(3,4)24(20)29-18(25)12-11-17(19(26)23(5)28-6)22(27)15-8-7-9-16-22/h17,27H,7-16H2,1-6H3. The molecule has 1 amide bonds. The van der Waals surface area contributed by atoms with Gasteiger partial charge in [-0.25, -0.2) is 5.06 Å². The highest BCUT2D eigenvalue weighted by Gasteiger charge is 2.46. The summed E-state index contributed by atoms with van der Waals surface area (Å²) in [5, 5.41) is 14.2. The molecule has 0 aromatic rings. The number of rotatable bonds is 7. The lowest BCUT2D eigenvalue weighted by atomic mass is 9.73. The van der Waals surface area contributed by atoms with Gasteiger partial charge in [0.15, 0.2) is 0 Å². The van der Waals surface area contributed by atoms with Gasteiger partial charge in [0.1, 0.15) is 0 Å². The van der Waals surface area contributed by atoms with E-state index >= 15 is 0 Å². The average molecular weight is 413 g/mol. The summed E-state index contributed by atoms with van der Waals surface area (Å²) in [6.07, 6.45) is 7.33. The van der Waals surface area contributed by atoms with Gasteiger partial charge in [0.05, 0.1) is 29.7 Å². The van der Waals surface area contributed by atoms with Crippen molar-refractivity contribution in [3.8, 4) is 0 Å². The summed E-state index contributed by atoms with van der Waals surface area (Å²) in [5.74, 6) is -1.32. The minimum atomic E-state index is -1.09. The fourth-order valence-corrected chi connectivity index (χ4v) is 5.08. The summed E-state index contributed by atoms with van der Waals surface area (Å²) < 4.78 is 0. The highest BCUT2D eigenvalue weighted by Crippen LogP contribution is 2.40. The predicted octanol–water partition coefficient (Wildman–Crippen LogP) is 3.60. The van der Waals surface area contributed by atoms with Crippen molar-refractivity contribution in [3.05, 3.63) is 0 Å². The molecule has 1 aliphatic carbocycles. The summed E-state index contributed by atoms with van der Waals surface area (Å²) >= 11 is 0. The zero-order valence-corrected chi connectivity index (χ0v) is 19.1. The van der Waals surface area contributed by atoms with Crippen LogP contribution in [0.4, 0.5) is 0 Å². The number of hydrogen-bond acceptors (Lipinski definition) is 6. The van der Waals surface area contributed by atoms with Crippen LogP contribution in [0.15, 0.2) is 0 Å². The van der Waals surface area contributed by atoms with Crippen LogP contribution in [-0.2, 0) is 19.3 Å². The molecule has 1 aliphatic heterocycles.